The van der Waals surface area contributed by atoms with E-state index in [1.807, 2.05) is 0 Å². The molecule has 1 aromatic rings. The molecule has 78 valence electrons. The van der Waals surface area contributed by atoms with E-state index in [9.17, 15) is 0 Å². The van der Waals surface area contributed by atoms with Crippen LogP contribution in [0.5, 0.6) is 0 Å². The molecule has 14 heavy (non-hydrogen) atoms. The summed E-state index contributed by atoms with van der Waals surface area (Å²) in [7, 11) is 0. The minimum Gasteiger partial charge on any atom is -0.396 e. The molecule has 0 aliphatic rings. The van der Waals surface area contributed by atoms with E-state index in [-0.39, 0.29) is 0 Å². The Morgan fingerprint density at radius 2 is 1.93 bits per heavy atom. The maximum absolute atomic E-state index is 5.53. The summed E-state index contributed by atoms with van der Waals surface area (Å²) in [6.45, 7) is 7.35. The van der Waals surface area contributed by atoms with E-state index in [0.29, 0.717) is 11.7 Å². The Morgan fingerprint density at radius 1 is 1.36 bits per heavy atom. The highest BCUT2D eigenvalue weighted by Gasteiger charge is 2.12. The van der Waals surface area contributed by atoms with Crippen LogP contribution in [0.1, 0.15) is 27.2 Å². The first-order valence-electron chi connectivity index (χ1n) is 5.03. The first-order valence-corrected chi connectivity index (χ1v) is 5.03. The van der Waals surface area contributed by atoms with E-state index < -0.39 is 0 Å². The van der Waals surface area contributed by atoms with Gasteiger partial charge in [0.15, 0.2) is 0 Å². The Labute approximate surface area is 85.2 Å². The van der Waals surface area contributed by atoms with Crippen molar-refractivity contribution in [3.05, 3.63) is 12.4 Å². The molecule has 0 aliphatic carbocycles. The van der Waals surface area contributed by atoms with Gasteiger partial charge in [-0.25, -0.2) is 9.97 Å². The Bertz CT molecular complexity index is 270. The molecule has 4 nitrogen and oxygen atoms in total. The predicted octanol–water partition coefficient (Wildman–Crippen LogP) is 1.68. The number of nitrogens with zero attached hydrogens (tertiary/aromatic N) is 3. The van der Waals surface area contributed by atoms with Crippen molar-refractivity contribution in [1.29, 1.82) is 0 Å². The monoisotopic (exact) mass is 194 g/mol. The summed E-state index contributed by atoms with van der Waals surface area (Å²) in [6.07, 6.45) is 4.38. The number of nitrogens with two attached hydrogens (primary N) is 1. The Hall–Kier alpha value is -1.32. The van der Waals surface area contributed by atoms with Crippen molar-refractivity contribution in [3.8, 4) is 0 Å². The number of hydrogen-bond acceptors (Lipinski definition) is 4. The van der Waals surface area contributed by atoms with E-state index in [0.717, 1.165) is 18.9 Å². The molecule has 0 bridgehead atoms. The normalized spacial score (nSPS) is 12.5. The average Bonchev–Trinajstić information content (AvgIpc) is 2.21. The van der Waals surface area contributed by atoms with Crippen molar-refractivity contribution in [2.24, 2.45) is 0 Å². The van der Waals surface area contributed by atoms with Gasteiger partial charge in [-0.05, 0) is 20.3 Å². The third-order valence-corrected chi connectivity index (χ3v) is 2.38. The van der Waals surface area contributed by atoms with E-state index in [1.165, 1.54) is 0 Å². The third kappa shape index (κ3) is 2.34. The average molecular weight is 194 g/mol. The first kappa shape index (κ1) is 10.8. The molecule has 1 rings (SSSR count). The van der Waals surface area contributed by atoms with Crippen molar-refractivity contribution in [3.63, 3.8) is 0 Å². The van der Waals surface area contributed by atoms with E-state index >= 15 is 0 Å². The zero-order valence-electron chi connectivity index (χ0n) is 9.07. The summed E-state index contributed by atoms with van der Waals surface area (Å²) in [5, 5.41) is 0. The maximum atomic E-state index is 5.53. The summed E-state index contributed by atoms with van der Waals surface area (Å²) in [5.74, 6) is 0.760. The number of aromatic nitrogens is 2. The second kappa shape index (κ2) is 4.79. The van der Waals surface area contributed by atoms with Crippen LogP contribution in [-0.2, 0) is 0 Å². The van der Waals surface area contributed by atoms with Gasteiger partial charge in [0.05, 0.1) is 18.1 Å². The van der Waals surface area contributed by atoms with Gasteiger partial charge in [0, 0.05) is 12.6 Å². The van der Waals surface area contributed by atoms with Gasteiger partial charge >= 0.3 is 0 Å². The number of hydrogen-bond donors (Lipinski definition) is 1. The van der Waals surface area contributed by atoms with Crippen LogP contribution in [-0.4, -0.2) is 22.6 Å². The molecule has 2 N–H and O–H groups in total. The Kier molecular flexibility index (Phi) is 3.68. The smallest absolute Gasteiger partial charge is 0.225 e. The summed E-state index contributed by atoms with van der Waals surface area (Å²) in [6, 6.07) is 0.462. The van der Waals surface area contributed by atoms with Gasteiger partial charge in [0.1, 0.15) is 0 Å². The van der Waals surface area contributed by atoms with Crippen LogP contribution in [0.4, 0.5) is 11.6 Å². The molecule has 1 heterocycles. The second-order valence-electron chi connectivity index (χ2n) is 3.36. The third-order valence-electron chi connectivity index (χ3n) is 2.38. The fourth-order valence-corrected chi connectivity index (χ4v) is 1.35. The van der Waals surface area contributed by atoms with Crippen molar-refractivity contribution < 1.29 is 0 Å². The summed E-state index contributed by atoms with van der Waals surface area (Å²) < 4.78 is 0. The standard InChI is InChI=1S/C10H18N4/c1-4-8(3)14(5-2)10-12-6-9(11)7-13-10/h6-8H,4-5,11H2,1-3H3. The van der Waals surface area contributed by atoms with Crippen LogP contribution < -0.4 is 10.6 Å². The lowest BCUT2D eigenvalue weighted by molar-refractivity contribution is 0.615. The predicted molar refractivity (Wildman–Crippen MR) is 59.2 cm³/mol. The van der Waals surface area contributed by atoms with E-state index in [4.69, 9.17) is 5.73 Å². The summed E-state index contributed by atoms with van der Waals surface area (Å²) in [5.41, 5.74) is 6.14. The molecular formula is C10H18N4. The Balaban J connectivity index is 2.84. The molecular weight excluding hydrogens is 176 g/mol. The number of rotatable bonds is 4. The fraction of sp³-hybridized carbons (Fsp3) is 0.600. The minimum absolute atomic E-state index is 0.462. The molecule has 1 aromatic heterocycles. The van der Waals surface area contributed by atoms with Gasteiger partial charge in [0.25, 0.3) is 0 Å². The van der Waals surface area contributed by atoms with Gasteiger partial charge in [-0.15, -0.1) is 0 Å². The van der Waals surface area contributed by atoms with Gasteiger partial charge < -0.3 is 10.6 Å². The molecule has 0 saturated heterocycles. The molecule has 1 atom stereocenters. The van der Waals surface area contributed by atoms with Crippen LogP contribution >= 0.6 is 0 Å². The van der Waals surface area contributed by atoms with Gasteiger partial charge in [0.2, 0.25) is 5.95 Å². The molecule has 4 heteroatoms. The Morgan fingerprint density at radius 3 is 2.36 bits per heavy atom. The first-order chi connectivity index (χ1) is 6.69. The van der Waals surface area contributed by atoms with Crippen LogP contribution in [0.3, 0.4) is 0 Å². The van der Waals surface area contributed by atoms with Crippen LogP contribution in [0.25, 0.3) is 0 Å². The second-order valence-corrected chi connectivity index (χ2v) is 3.36. The largest absolute Gasteiger partial charge is 0.396 e. The van der Waals surface area contributed by atoms with Crippen molar-refractivity contribution in [1.82, 2.24) is 9.97 Å². The van der Waals surface area contributed by atoms with Crippen LogP contribution in [0.2, 0.25) is 0 Å². The van der Waals surface area contributed by atoms with Crippen molar-refractivity contribution in [2.45, 2.75) is 33.2 Å². The van der Waals surface area contributed by atoms with Crippen molar-refractivity contribution >= 4 is 11.6 Å². The lowest BCUT2D eigenvalue weighted by atomic mass is 10.2. The fourth-order valence-electron chi connectivity index (χ4n) is 1.35. The molecule has 0 aromatic carbocycles. The van der Waals surface area contributed by atoms with Gasteiger partial charge in [-0.1, -0.05) is 6.92 Å². The van der Waals surface area contributed by atoms with Gasteiger partial charge in [-0.3, -0.25) is 0 Å². The summed E-state index contributed by atoms with van der Waals surface area (Å²) in [4.78, 5) is 10.6. The molecule has 0 fully saturated rings. The zero-order chi connectivity index (χ0) is 10.6. The van der Waals surface area contributed by atoms with Crippen LogP contribution in [0, 0.1) is 0 Å². The summed E-state index contributed by atoms with van der Waals surface area (Å²) >= 11 is 0. The van der Waals surface area contributed by atoms with Gasteiger partial charge in [-0.2, -0.15) is 0 Å². The molecule has 0 saturated carbocycles. The minimum atomic E-state index is 0.462. The number of nitrogen functional groups attached to an aromatic ring is 1. The molecule has 0 aliphatic heterocycles. The quantitative estimate of drug-likeness (QED) is 0.792. The molecule has 1 unspecified atom stereocenters. The highest BCUT2D eigenvalue weighted by molar-refractivity contribution is 5.38. The van der Waals surface area contributed by atoms with E-state index in [1.54, 1.807) is 12.4 Å². The number of anilines is 2. The SMILES string of the molecule is CCC(C)N(CC)c1ncc(N)cn1. The van der Waals surface area contributed by atoms with E-state index in [2.05, 4.69) is 35.6 Å². The molecule has 0 spiro atoms. The molecule has 0 amide bonds. The lowest BCUT2D eigenvalue weighted by Crippen LogP contribution is -2.33. The lowest BCUT2D eigenvalue weighted by Gasteiger charge is -2.26. The van der Waals surface area contributed by atoms with Crippen LogP contribution in [0.15, 0.2) is 12.4 Å². The topological polar surface area (TPSA) is 55.0 Å². The van der Waals surface area contributed by atoms with Crippen molar-refractivity contribution in [2.75, 3.05) is 17.2 Å². The zero-order valence-corrected chi connectivity index (χ0v) is 9.07. The maximum Gasteiger partial charge on any atom is 0.225 e. The highest BCUT2D eigenvalue weighted by Crippen LogP contribution is 2.12. The molecule has 0 radical (unpaired) electrons. The highest BCUT2D eigenvalue weighted by atomic mass is 15.3.